The Balaban J connectivity index is 1.86. The van der Waals surface area contributed by atoms with Gasteiger partial charge in [0.15, 0.2) is 0 Å². The molecular formula is C14H9N6O. The van der Waals surface area contributed by atoms with Gasteiger partial charge >= 0.3 is 6.01 Å². The van der Waals surface area contributed by atoms with E-state index in [0.717, 1.165) is 22.3 Å². The quantitative estimate of drug-likeness (QED) is 0.600. The van der Waals surface area contributed by atoms with Crippen molar-refractivity contribution in [3.05, 3.63) is 49.1 Å². The summed E-state index contributed by atoms with van der Waals surface area (Å²) in [6.45, 7) is 0. The summed E-state index contributed by atoms with van der Waals surface area (Å²) in [7, 11) is 0. The fraction of sp³-hybridized carbons (Fsp3) is 0. The third-order valence-electron chi connectivity index (χ3n) is 3.09. The minimum Gasteiger partial charge on any atom is -0.351 e. The van der Waals surface area contributed by atoms with Crippen LogP contribution in [0, 0.1) is 6.07 Å². The molecule has 4 heterocycles. The van der Waals surface area contributed by atoms with Crippen molar-refractivity contribution in [1.29, 1.82) is 0 Å². The summed E-state index contributed by atoms with van der Waals surface area (Å²) in [4.78, 5) is 12.5. The fourth-order valence-electron chi connectivity index (χ4n) is 2.16. The summed E-state index contributed by atoms with van der Waals surface area (Å²) in [6, 6.07) is 8.73. The second kappa shape index (κ2) is 4.41. The van der Waals surface area contributed by atoms with Gasteiger partial charge in [0.2, 0.25) is 5.82 Å². The van der Waals surface area contributed by atoms with E-state index in [2.05, 4.69) is 26.2 Å². The van der Waals surface area contributed by atoms with Gasteiger partial charge in [0.05, 0.1) is 11.9 Å². The lowest BCUT2D eigenvalue weighted by Gasteiger charge is -2.05. The number of nitrogen functional groups attached to an aromatic ring is 1. The highest BCUT2D eigenvalue weighted by Gasteiger charge is 2.09. The zero-order chi connectivity index (χ0) is 14.2. The number of pyridine rings is 2. The van der Waals surface area contributed by atoms with Gasteiger partial charge in [-0.2, -0.15) is 4.98 Å². The maximum Gasteiger partial charge on any atom is 0.319 e. The number of hydrogen-bond donors (Lipinski definition) is 1. The van der Waals surface area contributed by atoms with Crippen molar-refractivity contribution in [1.82, 2.24) is 24.7 Å². The number of nitrogens with zero attached hydrogens (tertiary/aromatic N) is 5. The molecule has 1 radical (unpaired) electrons. The van der Waals surface area contributed by atoms with E-state index in [-0.39, 0.29) is 6.01 Å². The van der Waals surface area contributed by atoms with Gasteiger partial charge in [-0.3, -0.25) is 9.55 Å². The third kappa shape index (κ3) is 1.91. The van der Waals surface area contributed by atoms with Gasteiger partial charge in [0.1, 0.15) is 5.65 Å². The third-order valence-corrected chi connectivity index (χ3v) is 3.09. The first-order valence-electron chi connectivity index (χ1n) is 6.19. The van der Waals surface area contributed by atoms with Crippen LogP contribution < -0.4 is 5.73 Å². The molecule has 4 aromatic heterocycles. The molecule has 0 aliphatic heterocycles. The highest BCUT2D eigenvalue weighted by Crippen LogP contribution is 2.22. The minimum absolute atomic E-state index is 0.0269. The van der Waals surface area contributed by atoms with Crippen LogP contribution in [0.15, 0.2) is 47.5 Å². The van der Waals surface area contributed by atoms with Crippen LogP contribution in [0.5, 0.6) is 0 Å². The van der Waals surface area contributed by atoms with Crippen LogP contribution in [0.2, 0.25) is 0 Å². The SMILES string of the molecule is Nc1nc(-c2cncc(-n3ccc4c[c]cnc43)c2)no1. The van der Waals surface area contributed by atoms with E-state index in [4.69, 9.17) is 10.3 Å². The Kier molecular flexibility index (Phi) is 2.43. The first kappa shape index (κ1) is 11.6. The Morgan fingerprint density at radius 2 is 2.24 bits per heavy atom. The fourth-order valence-corrected chi connectivity index (χ4v) is 2.16. The van der Waals surface area contributed by atoms with Gasteiger partial charge in [-0.1, -0.05) is 5.16 Å². The van der Waals surface area contributed by atoms with E-state index in [0.29, 0.717) is 5.82 Å². The predicted molar refractivity (Wildman–Crippen MR) is 75.4 cm³/mol. The number of fused-ring (bicyclic) bond motifs is 1. The molecule has 0 amide bonds. The molecule has 0 aliphatic carbocycles. The van der Waals surface area contributed by atoms with Crippen molar-refractivity contribution in [3.63, 3.8) is 0 Å². The van der Waals surface area contributed by atoms with Crippen LogP contribution in [-0.4, -0.2) is 24.7 Å². The van der Waals surface area contributed by atoms with Gasteiger partial charge in [-0.05, 0) is 18.2 Å². The van der Waals surface area contributed by atoms with Crippen molar-refractivity contribution in [2.24, 2.45) is 0 Å². The van der Waals surface area contributed by atoms with E-state index in [1.807, 2.05) is 29.0 Å². The lowest BCUT2D eigenvalue weighted by Crippen LogP contribution is -1.95. The summed E-state index contributed by atoms with van der Waals surface area (Å²) >= 11 is 0. The molecule has 4 aromatic rings. The lowest BCUT2D eigenvalue weighted by atomic mass is 10.2. The van der Waals surface area contributed by atoms with Gasteiger partial charge < -0.3 is 10.3 Å². The van der Waals surface area contributed by atoms with E-state index in [9.17, 15) is 0 Å². The lowest BCUT2D eigenvalue weighted by molar-refractivity contribution is 0.437. The highest BCUT2D eigenvalue weighted by molar-refractivity contribution is 5.78. The van der Waals surface area contributed by atoms with Gasteiger partial charge in [0, 0.05) is 35.6 Å². The van der Waals surface area contributed by atoms with Crippen LogP contribution in [0.4, 0.5) is 6.01 Å². The average Bonchev–Trinajstić information content (AvgIpc) is 3.13. The van der Waals surface area contributed by atoms with E-state index in [1.54, 1.807) is 18.6 Å². The van der Waals surface area contributed by atoms with Crippen molar-refractivity contribution in [2.45, 2.75) is 0 Å². The van der Waals surface area contributed by atoms with Gasteiger partial charge in [-0.15, -0.1) is 0 Å². The predicted octanol–water partition coefficient (Wildman–Crippen LogP) is 1.85. The summed E-state index contributed by atoms with van der Waals surface area (Å²) < 4.78 is 6.72. The molecule has 21 heavy (non-hydrogen) atoms. The summed E-state index contributed by atoms with van der Waals surface area (Å²) in [6.07, 6.45) is 6.96. The van der Waals surface area contributed by atoms with E-state index in [1.165, 1.54) is 0 Å². The zero-order valence-corrected chi connectivity index (χ0v) is 10.8. The van der Waals surface area contributed by atoms with Crippen LogP contribution in [0.3, 0.4) is 0 Å². The minimum atomic E-state index is 0.0269. The van der Waals surface area contributed by atoms with Crippen molar-refractivity contribution >= 4 is 17.0 Å². The monoisotopic (exact) mass is 277 g/mol. The Morgan fingerprint density at radius 1 is 1.29 bits per heavy atom. The van der Waals surface area contributed by atoms with E-state index >= 15 is 0 Å². The molecule has 4 rings (SSSR count). The molecule has 0 fully saturated rings. The molecule has 0 aliphatic rings. The van der Waals surface area contributed by atoms with Crippen LogP contribution >= 0.6 is 0 Å². The van der Waals surface area contributed by atoms with Gasteiger partial charge in [-0.25, -0.2) is 4.98 Å². The number of hydrogen-bond acceptors (Lipinski definition) is 6. The van der Waals surface area contributed by atoms with Crippen LogP contribution in [0.1, 0.15) is 0 Å². The Hall–Kier alpha value is -3.22. The van der Waals surface area contributed by atoms with Crippen molar-refractivity contribution < 1.29 is 4.52 Å². The molecule has 7 nitrogen and oxygen atoms in total. The average molecular weight is 277 g/mol. The van der Waals surface area contributed by atoms with Crippen molar-refractivity contribution in [3.8, 4) is 17.1 Å². The largest absolute Gasteiger partial charge is 0.351 e. The smallest absolute Gasteiger partial charge is 0.319 e. The first-order chi connectivity index (χ1) is 10.3. The number of nitrogens with two attached hydrogens (primary N) is 1. The van der Waals surface area contributed by atoms with Crippen molar-refractivity contribution in [2.75, 3.05) is 5.73 Å². The highest BCUT2D eigenvalue weighted by atomic mass is 16.5. The molecule has 0 saturated heterocycles. The molecule has 0 atom stereocenters. The molecule has 7 heteroatoms. The summed E-state index contributed by atoms with van der Waals surface area (Å²) in [5.41, 5.74) is 7.85. The Labute approximate surface area is 119 Å². The molecule has 0 bridgehead atoms. The summed E-state index contributed by atoms with van der Waals surface area (Å²) in [5.74, 6) is 0.402. The number of anilines is 1. The molecule has 0 spiro atoms. The topological polar surface area (TPSA) is 95.7 Å². The number of aromatic nitrogens is 5. The maximum absolute atomic E-state index is 5.44. The van der Waals surface area contributed by atoms with Gasteiger partial charge in [0.25, 0.3) is 0 Å². The second-order valence-corrected chi connectivity index (χ2v) is 4.42. The normalized spacial score (nSPS) is 11.0. The molecule has 0 saturated carbocycles. The first-order valence-corrected chi connectivity index (χ1v) is 6.19. The Morgan fingerprint density at radius 3 is 3.10 bits per heavy atom. The maximum atomic E-state index is 5.44. The second-order valence-electron chi connectivity index (χ2n) is 4.42. The summed E-state index contributed by atoms with van der Waals surface area (Å²) in [5, 5.41) is 4.80. The van der Waals surface area contributed by atoms with Crippen LogP contribution in [-0.2, 0) is 0 Å². The molecular weight excluding hydrogens is 268 g/mol. The van der Waals surface area contributed by atoms with Crippen LogP contribution in [0.25, 0.3) is 28.1 Å². The molecule has 101 valence electrons. The standard InChI is InChI=1S/C14H9N6O/c15-14-18-12(19-21-14)10-6-11(8-16-7-10)20-5-3-9-2-1-4-17-13(9)20/h2-8H,(H2,15,18,19). The molecule has 0 aromatic carbocycles. The Bertz CT molecular complexity index is 926. The molecule has 2 N–H and O–H groups in total. The molecule has 0 unspecified atom stereocenters. The van der Waals surface area contributed by atoms with E-state index < -0.39 is 0 Å². The zero-order valence-electron chi connectivity index (χ0n) is 10.8. The number of rotatable bonds is 2.